The highest BCUT2D eigenvalue weighted by atomic mass is 16.1. The number of aromatic nitrogens is 4. The van der Waals surface area contributed by atoms with E-state index in [1.54, 1.807) is 23.9 Å². The van der Waals surface area contributed by atoms with Crippen LogP contribution in [0.3, 0.4) is 0 Å². The number of fused-ring (bicyclic) bond motifs is 3. The fourth-order valence-electron chi connectivity index (χ4n) is 4.56. The molecule has 34 heavy (non-hydrogen) atoms. The first-order chi connectivity index (χ1) is 16.4. The fraction of sp³-hybridized carbons (Fsp3) is 0.269. The van der Waals surface area contributed by atoms with Gasteiger partial charge in [-0.25, -0.2) is 9.97 Å². The fourth-order valence-corrected chi connectivity index (χ4v) is 4.56. The van der Waals surface area contributed by atoms with Gasteiger partial charge in [0, 0.05) is 38.0 Å². The Kier molecular flexibility index (Phi) is 5.25. The number of hydrogen-bond donors (Lipinski definition) is 1. The van der Waals surface area contributed by atoms with Crippen LogP contribution in [-0.2, 0) is 13.6 Å². The summed E-state index contributed by atoms with van der Waals surface area (Å²) in [6.07, 6.45) is 1.78. The Morgan fingerprint density at radius 1 is 1.18 bits per heavy atom. The van der Waals surface area contributed by atoms with Crippen LogP contribution in [0.15, 0.2) is 52.4 Å². The summed E-state index contributed by atoms with van der Waals surface area (Å²) in [4.78, 5) is 26.8. The molecule has 0 saturated heterocycles. The molecule has 1 N–H and O–H groups in total. The van der Waals surface area contributed by atoms with Gasteiger partial charge in [-0.3, -0.25) is 9.79 Å². The molecule has 3 aliphatic rings. The third-order valence-corrected chi connectivity index (χ3v) is 6.39. The third kappa shape index (κ3) is 3.55. The van der Waals surface area contributed by atoms with Crippen molar-refractivity contribution in [2.24, 2.45) is 12.0 Å². The number of nitrogens with one attached hydrogen (secondary N) is 1. The van der Waals surface area contributed by atoms with Crippen LogP contribution in [-0.4, -0.2) is 25.6 Å². The minimum Gasteiger partial charge on any atom is -0.369 e. The molecule has 8 nitrogen and oxygen atoms in total. The first-order valence-corrected chi connectivity index (χ1v) is 11.2. The Morgan fingerprint density at radius 2 is 2.00 bits per heavy atom. The SMILES string of the molecule is Cc1nc2n3c(c(-c4ccn(C)c(=O)c4)cc-2c(=N[C@H](C)c2cccc(C#N)c2C)n1)NCC3. The molecule has 5 rings (SSSR count). The first-order valence-electron chi connectivity index (χ1n) is 11.2. The van der Waals surface area contributed by atoms with Crippen molar-refractivity contribution in [3.63, 3.8) is 0 Å². The molecule has 0 unspecified atom stereocenters. The molecule has 0 radical (unpaired) electrons. The van der Waals surface area contributed by atoms with Gasteiger partial charge in [0.05, 0.1) is 23.2 Å². The Labute approximate surface area is 197 Å². The summed E-state index contributed by atoms with van der Waals surface area (Å²) in [5.41, 5.74) is 5.68. The van der Waals surface area contributed by atoms with Crippen LogP contribution in [0.25, 0.3) is 22.5 Å². The number of aryl methyl sites for hydroxylation is 2. The minimum absolute atomic E-state index is 0.0686. The Balaban J connectivity index is 1.76. The highest BCUT2D eigenvalue weighted by molar-refractivity contribution is 5.82. The zero-order chi connectivity index (χ0) is 24.0. The summed E-state index contributed by atoms with van der Waals surface area (Å²) in [5.74, 6) is 2.40. The molecule has 0 bridgehead atoms. The van der Waals surface area contributed by atoms with Crippen molar-refractivity contribution in [2.45, 2.75) is 33.4 Å². The van der Waals surface area contributed by atoms with E-state index >= 15 is 0 Å². The van der Waals surface area contributed by atoms with Gasteiger partial charge in [-0.15, -0.1) is 0 Å². The highest BCUT2D eigenvalue weighted by Gasteiger charge is 2.24. The molecule has 3 aliphatic heterocycles. The van der Waals surface area contributed by atoms with E-state index in [1.807, 2.05) is 51.1 Å². The van der Waals surface area contributed by atoms with Gasteiger partial charge in [-0.2, -0.15) is 5.26 Å². The second-order valence-corrected chi connectivity index (χ2v) is 8.62. The van der Waals surface area contributed by atoms with Crippen molar-refractivity contribution < 1.29 is 0 Å². The van der Waals surface area contributed by atoms with Gasteiger partial charge in [0.25, 0.3) is 5.56 Å². The number of benzene rings is 1. The number of anilines is 1. The van der Waals surface area contributed by atoms with Gasteiger partial charge in [0.15, 0.2) is 5.49 Å². The van der Waals surface area contributed by atoms with Crippen LogP contribution >= 0.6 is 0 Å². The van der Waals surface area contributed by atoms with Gasteiger partial charge in [-0.05, 0) is 55.7 Å². The van der Waals surface area contributed by atoms with E-state index in [2.05, 4.69) is 20.9 Å². The lowest BCUT2D eigenvalue weighted by atomic mass is 9.98. The largest absolute Gasteiger partial charge is 0.369 e. The van der Waals surface area contributed by atoms with Crippen molar-refractivity contribution in [1.82, 2.24) is 19.1 Å². The third-order valence-electron chi connectivity index (χ3n) is 6.39. The zero-order valence-corrected chi connectivity index (χ0v) is 19.6. The van der Waals surface area contributed by atoms with Crippen molar-refractivity contribution in [3.8, 4) is 28.6 Å². The summed E-state index contributed by atoms with van der Waals surface area (Å²) < 4.78 is 3.69. The van der Waals surface area contributed by atoms with E-state index < -0.39 is 0 Å². The van der Waals surface area contributed by atoms with Crippen molar-refractivity contribution in [1.29, 1.82) is 5.26 Å². The van der Waals surface area contributed by atoms with Crippen molar-refractivity contribution >= 4 is 5.82 Å². The van der Waals surface area contributed by atoms with E-state index in [1.165, 1.54) is 0 Å². The van der Waals surface area contributed by atoms with Crippen LogP contribution in [0.5, 0.6) is 0 Å². The number of nitrogens with zero attached hydrogens (tertiary/aromatic N) is 6. The van der Waals surface area contributed by atoms with Crippen LogP contribution in [0.2, 0.25) is 0 Å². The predicted octanol–water partition coefficient (Wildman–Crippen LogP) is 3.32. The molecule has 0 amide bonds. The molecule has 8 heteroatoms. The lowest BCUT2D eigenvalue weighted by molar-refractivity contribution is 0.746. The van der Waals surface area contributed by atoms with Crippen LogP contribution < -0.4 is 16.4 Å². The van der Waals surface area contributed by atoms with Gasteiger partial charge < -0.3 is 14.5 Å². The number of hydrogen-bond acceptors (Lipinski definition) is 6. The Morgan fingerprint density at radius 3 is 2.76 bits per heavy atom. The maximum absolute atomic E-state index is 12.3. The maximum Gasteiger partial charge on any atom is 0.250 e. The molecule has 1 atom stereocenters. The van der Waals surface area contributed by atoms with Crippen LogP contribution in [0, 0.1) is 25.2 Å². The van der Waals surface area contributed by atoms with Gasteiger partial charge >= 0.3 is 0 Å². The standard InChI is InChI=1S/C26H25N7O/c1-15-19(14-27)6-5-7-20(15)16(2)29-24-22-13-21(18-8-10-32(4)23(34)12-18)25-28-9-11-33(25)26(22)31-17(3)30-24/h5-8,10,12-13,16,28H,9,11H2,1-4H3/t16-/m1/s1. The van der Waals surface area contributed by atoms with Gasteiger partial charge in [0.2, 0.25) is 0 Å². The number of nitriles is 1. The molecule has 0 spiro atoms. The van der Waals surface area contributed by atoms with E-state index in [0.29, 0.717) is 16.9 Å². The van der Waals surface area contributed by atoms with E-state index in [-0.39, 0.29) is 11.6 Å². The second kappa shape index (κ2) is 8.27. The second-order valence-electron chi connectivity index (χ2n) is 8.62. The predicted molar refractivity (Wildman–Crippen MR) is 130 cm³/mol. The summed E-state index contributed by atoms with van der Waals surface area (Å²) in [7, 11) is 1.74. The maximum atomic E-state index is 12.3. The molecular weight excluding hydrogens is 426 g/mol. The molecular formula is C26H25N7O. The van der Waals surface area contributed by atoms with E-state index in [9.17, 15) is 10.1 Å². The molecule has 170 valence electrons. The lowest BCUT2D eigenvalue weighted by Crippen LogP contribution is -2.21. The Hall–Kier alpha value is -4.25. The van der Waals surface area contributed by atoms with Crippen LogP contribution in [0.4, 0.5) is 5.82 Å². The minimum atomic E-state index is -0.199. The topological polar surface area (TPSA) is 101 Å². The molecule has 0 fully saturated rings. The number of pyridine rings is 2. The molecule has 0 aliphatic carbocycles. The molecule has 0 saturated carbocycles. The monoisotopic (exact) mass is 451 g/mol. The summed E-state index contributed by atoms with van der Waals surface area (Å²) in [6.45, 7) is 7.37. The van der Waals surface area contributed by atoms with E-state index in [0.717, 1.165) is 52.5 Å². The van der Waals surface area contributed by atoms with Crippen molar-refractivity contribution in [3.05, 3.63) is 81.0 Å². The summed E-state index contributed by atoms with van der Waals surface area (Å²) in [6, 6.07) is 13.4. The smallest absolute Gasteiger partial charge is 0.250 e. The molecule has 2 aromatic rings. The van der Waals surface area contributed by atoms with Crippen LogP contribution in [0.1, 0.15) is 35.5 Å². The lowest BCUT2D eigenvalue weighted by Gasteiger charge is -2.18. The summed E-state index contributed by atoms with van der Waals surface area (Å²) in [5, 5.41) is 12.9. The average Bonchev–Trinajstić information content (AvgIpc) is 3.31. The number of rotatable bonds is 3. The highest BCUT2D eigenvalue weighted by Crippen LogP contribution is 2.35. The zero-order valence-electron chi connectivity index (χ0n) is 19.6. The van der Waals surface area contributed by atoms with Gasteiger partial charge in [0.1, 0.15) is 17.5 Å². The summed E-state index contributed by atoms with van der Waals surface area (Å²) >= 11 is 0. The molecule has 1 aromatic carbocycles. The molecule has 1 aromatic heterocycles. The van der Waals surface area contributed by atoms with Gasteiger partial charge in [-0.1, -0.05) is 12.1 Å². The quantitative estimate of drug-likeness (QED) is 0.515. The normalized spacial score (nSPS) is 14.0. The van der Waals surface area contributed by atoms with E-state index in [4.69, 9.17) is 9.98 Å². The first kappa shape index (κ1) is 21.6. The van der Waals surface area contributed by atoms with Crippen molar-refractivity contribution in [2.75, 3.05) is 11.9 Å². The molecule has 4 heterocycles. The average molecular weight is 452 g/mol. The Bertz CT molecular complexity index is 1570.